The fraction of sp³-hybridized carbons (Fsp3) is 0.161. The van der Waals surface area contributed by atoms with Gasteiger partial charge in [-0.05, 0) is 62.6 Å². The molecule has 1 heterocycles. The van der Waals surface area contributed by atoms with E-state index < -0.39 is 0 Å². The van der Waals surface area contributed by atoms with Crippen LogP contribution in [-0.4, -0.2) is 50.0 Å². The van der Waals surface area contributed by atoms with E-state index in [2.05, 4.69) is 26.1 Å². The molecule has 1 aliphatic heterocycles. The van der Waals surface area contributed by atoms with Gasteiger partial charge in [0.05, 0.1) is 28.5 Å². The Kier molecular flexibility index (Phi) is 8.19. The van der Waals surface area contributed by atoms with Gasteiger partial charge >= 0.3 is 0 Å². The van der Waals surface area contributed by atoms with Crippen LogP contribution >= 0.6 is 27.5 Å². The predicted octanol–water partition coefficient (Wildman–Crippen LogP) is 6.88. The molecule has 2 amide bonds. The average Bonchev–Trinajstić information content (AvgIpc) is 2.96. The van der Waals surface area contributed by atoms with Gasteiger partial charge in [0.15, 0.2) is 0 Å². The monoisotopic (exact) mass is 603 g/mol. The van der Waals surface area contributed by atoms with E-state index in [-0.39, 0.29) is 11.8 Å². The van der Waals surface area contributed by atoms with Gasteiger partial charge in [-0.2, -0.15) is 0 Å². The summed E-state index contributed by atoms with van der Waals surface area (Å²) in [7, 11) is 1.55. The molecule has 1 fully saturated rings. The molecule has 1 N–H and O–H groups in total. The molecular formula is C31H27BrClN3O3. The van der Waals surface area contributed by atoms with Crippen LogP contribution in [0.4, 0.5) is 11.4 Å². The number of fused-ring (bicyclic) bond motifs is 1. The summed E-state index contributed by atoms with van der Waals surface area (Å²) < 4.78 is 6.33. The molecule has 4 aromatic carbocycles. The molecule has 1 aliphatic rings. The summed E-state index contributed by atoms with van der Waals surface area (Å²) in [4.78, 5) is 30.3. The Morgan fingerprint density at radius 2 is 1.67 bits per heavy atom. The number of hydrogen-bond donors (Lipinski definition) is 1. The summed E-state index contributed by atoms with van der Waals surface area (Å²) >= 11 is 9.94. The molecule has 0 bridgehead atoms. The number of methoxy groups -OCH3 is 1. The maximum Gasteiger partial charge on any atom is 0.259 e. The number of carbonyl (C=O) groups is 2. The lowest BCUT2D eigenvalue weighted by Gasteiger charge is -2.36. The number of carbonyl (C=O) groups excluding carboxylic acids is 2. The minimum atomic E-state index is -0.304. The molecule has 0 saturated carbocycles. The van der Waals surface area contributed by atoms with E-state index in [1.165, 1.54) is 0 Å². The molecule has 0 aliphatic carbocycles. The summed E-state index contributed by atoms with van der Waals surface area (Å²) in [6.07, 6.45) is 3.45. The third kappa shape index (κ3) is 5.95. The number of benzene rings is 4. The number of anilines is 2. The van der Waals surface area contributed by atoms with Crippen LogP contribution in [0.5, 0.6) is 5.75 Å². The van der Waals surface area contributed by atoms with E-state index in [0.717, 1.165) is 26.5 Å². The second kappa shape index (κ2) is 11.9. The van der Waals surface area contributed by atoms with Crippen molar-refractivity contribution in [1.29, 1.82) is 0 Å². The molecule has 6 nitrogen and oxygen atoms in total. The van der Waals surface area contributed by atoms with Crippen molar-refractivity contribution in [1.82, 2.24) is 4.90 Å². The van der Waals surface area contributed by atoms with Crippen LogP contribution in [0.1, 0.15) is 15.9 Å². The number of rotatable bonds is 6. The fourth-order valence-corrected chi connectivity index (χ4v) is 5.64. The van der Waals surface area contributed by atoms with E-state index in [9.17, 15) is 9.59 Å². The van der Waals surface area contributed by atoms with Crippen LogP contribution in [0.2, 0.25) is 5.02 Å². The molecule has 0 unspecified atom stereocenters. The predicted molar refractivity (Wildman–Crippen MR) is 162 cm³/mol. The van der Waals surface area contributed by atoms with E-state index in [0.29, 0.717) is 48.2 Å². The first kappa shape index (κ1) is 26.8. The lowest BCUT2D eigenvalue weighted by molar-refractivity contribution is -0.126. The van der Waals surface area contributed by atoms with Crippen molar-refractivity contribution in [2.24, 2.45) is 0 Å². The SMILES string of the molecule is COc1c(C(=O)Nc2cc(Cl)ccc2N2CCN(C(=O)/C=C/c3ccccc3)CC2)cc2ccccc2c1Br. The van der Waals surface area contributed by atoms with Crippen LogP contribution in [0.25, 0.3) is 16.8 Å². The third-order valence-corrected chi connectivity index (χ3v) is 7.77. The van der Waals surface area contributed by atoms with Gasteiger partial charge in [-0.25, -0.2) is 0 Å². The van der Waals surface area contributed by atoms with Gasteiger partial charge in [0.1, 0.15) is 5.75 Å². The lowest BCUT2D eigenvalue weighted by atomic mass is 10.0. The highest BCUT2D eigenvalue weighted by atomic mass is 79.9. The zero-order valence-corrected chi connectivity index (χ0v) is 23.7. The molecule has 0 aromatic heterocycles. The number of halogens is 2. The molecule has 0 atom stereocenters. The molecule has 198 valence electrons. The maximum atomic E-state index is 13.5. The number of ether oxygens (including phenoxy) is 1. The van der Waals surface area contributed by atoms with Gasteiger partial charge in [0.2, 0.25) is 5.91 Å². The van der Waals surface area contributed by atoms with Gasteiger partial charge in [-0.15, -0.1) is 0 Å². The molecular weight excluding hydrogens is 578 g/mol. The van der Waals surface area contributed by atoms with E-state index in [1.54, 1.807) is 25.3 Å². The second-order valence-electron chi connectivity index (χ2n) is 9.16. The van der Waals surface area contributed by atoms with E-state index in [4.69, 9.17) is 16.3 Å². The smallest absolute Gasteiger partial charge is 0.259 e. The zero-order chi connectivity index (χ0) is 27.4. The van der Waals surface area contributed by atoms with Gasteiger partial charge in [-0.3, -0.25) is 9.59 Å². The molecule has 0 radical (unpaired) electrons. The Morgan fingerprint density at radius 1 is 0.949 bits per heavy atom. The summed E-state index contributed by atoms with van der Waals surface area (Å²) in [6.45, 7) is 2.39. The van der Waals surface area contributed by atoms with Gasteiger partial charge in [-0.1, -0.05) is 66.2 Å². The van der Waals surface area contributed by atoms with Crippen LogP contribution in [0.3, 0.4) is 0 Å². The van der Waals surface area contributed by atoms with Crippen molar-refractivity contribution in [3.8, 4) is 5.75 Å². The highest BCUT2D eigenvalue weighted by molar-refractivity contribution is 9.10. The molecule has 5 rings (SSSR count). The normalized spacial score (nSPS) is 13.6. The average molecular weight is 605 g/mol. The molecule has 4 aromatic rings. The van der Waals surface area contributed by atoms with Crippen LogP contribution < -0.4 is 15.0 Å². The Balaban J connectivity index is 1.33. The Hall–Kier alpha value is -3.81. The summed E-state index contributed by atoms with van der Waals surface area (Å²) in [6, 6.07) is 24.8. The Bertz CT molecular complexity index is 1550. The van der Waals surface area contributed by atoms with Crippen molar-refractivity contribution in [3.63, 3.8) is 0 Å². The van der Waals surface area contributed by atoms with E-state index >= 15 is 0 Å². The first-order valence-electron chi connectivity index (χ1n) is 12.6. The topological polar surface area (TPSA) is 61.9 Å². The largest absolute Gasteiger partial charge is 0.495 e. The number of amides is 2. The van der Waals surface area contributed by atoms with Gasteiger partial charge in [0.25, 0.3) is 5.91 Å². The Labute approximate surface area is 240 Å². The first-order valence-corrected chi connectivity index (χ1v) is 13.7. The third-order valence-electron chi connectivity index (χ3n) is 6.75. The van der Waals surface area contributed by atoms with Crippen molar-refractivity contribution in [2.45, 2.75) is 0 Å². The fourth-order valence-electron chi connectivity index (χ4n) is 4.73. The van der Waals surface area contributed by atoms with Crippen molar-refractivity contribution < 1.29 is 14.3 Å². The van der Waals surface area contributed by atoms with Crippen molar-refractivity contribution in [2.75, 3.05) is 43.5 Å². The zero-order valence-electron chi connectivity index (χ0n) is 21.4. The van der Waals surface area contributed by atoms with Gasteiger partial charge < -0.3 is 19.9 Å². The number of piperazine rings is 1. The molecule has 8 heteroatoms. The summed E-state index contributed by atoms with van der Waals surface area (Å²) in [5, 5.41) is 5.44. The van der Waals surface area contributed by atoms with Gasteiger partial charge in [0, 0.05) is 37.3 Å². The highest BCUT2D eigenvalue weighted by Gasteiger charge is 2.24. The number of nitrogens with one attached hydrogen (secondary N) is 1. The number of hydrogen-bond acceptors (Lipinski definition) is 4. The standard InChI is InChI=1S/C31H27BrClN3O3/c1-39-30-25(19-22-9-5-6-10-24(22)29(30)32)31(38)34-26-20-23(33)12-13-27(26)35-15-17-36(18-16-35)28(37)14-11-21-7-3-2-4-8-21/h2-14,19-20H,15-18H2,1H3,(H,34,38)/b14-11+. The van der Waals surface area contributed by atoms with Crippen molar-refractivity contribution in [3.05, 3.63) is 106 Å². The van der Waals surface area contributed by atoms with Crippen molar-refractivity contribution >= 4 is 67.6 Å². The Morgan fingerprint density at radius 3 is 2.41 bits per heavy atom. The minimum Gasteiger partial charge on any atom is -0.495 e. The summed E-state index contributed by atoms with van der Waals surface area (Å²) in [5.41, 5.74) is 2.84. The van der Waals surface area contributed by atoms with E-state index in [1.807, 2.05) is 77.7 Å². The molecule has 39 heavy (non-hydrogen) atoms. The number of nitrogens with zero attached hydrogens (tertiary/aromatic N) is 2. The van der Waals surface area contributed by atoms with Crippen LogP contribution in [-0.2, 0) is 4.79 Å². The maximum absolute atomic E-state index is 13.5. The second-order valence-corrected chi connectivity index (χ2v) is 10.4. The first-order chi connectivity index (χ1) is 18.9. The summed E-state index contributed by atoms with van der Waals surface area (Å²) in [5.74, 6) is 0.143. The molecule has 0 spiro atoms. The molecule has 1 saturated heterocycles. The van der Waals surface area contributed by atoms with Crippen LogP contribution in [0.15, 0.2) is 89.4 Å². The lowest BCUT2D eigenvalue weighted by Crippen LogP contribution is -2.48. The highest BCUT2D eigenvalue weighted by Crippen LogP contribution is 2.38. The minimum absolute atomic E-state index is 0.0166. The van der Waals surface area contributed by atoms with Crippen LogP contribution in [0, 0.1) is 0 Å². The quantitative estimate of drug-likeness (QED) is 0.244.